The van der Waals surface area contributed by atoms with Crippen LogP contribution in [0.4, 0.5) is 11.4 Å². The van der Waals surface area contributed by atoms with Crippen LogP contribution >= 0.6 is 0 Å². The summed E-state index contributed by atoms with van der Waals surface area (Å²) in [6.07, 6.45) is 5.62. The third-order valence-corrected chi connectivity index (χ3v) is 15.4. The van der Waals surface area contributed by atoms with Crippen molar-refractivity contribution < 1.29 is 86.4 Å². The Hall–Kier alpha value is -4.47. The molecule has 0 bridgehead atoms. The van der Waals surface area contributed by atoms with Crippen molar-refractivity contribution in [2.24, 2.45) is 0 Å². The van der Waals surface area contributed by atoms with E-state index in [4.69, 9.17) is 28.5 Å². The molecule has 72 heavy (non-hydrogen) atoms. The number of amides is 2. The summed E-state index contributed by atoms with van der Waals surface area (Å²) in [7, 11) is -12.0. The summed E-state index contributed by atoms with van der Waals surface area (Å²) in [4.78, 5) is 42.9. The number of imide groups is 1. The first-order valence-corrected chi connectivity index (χ1v) is 28.3. The van der Waals surface area contributed by atoms with E-state index in [9.17, 15) is 53.3 Å². The number of methoxy groups -OCH3 is 1. The van der Waals surface area contributed by atoms with Gasteiger partial charge in [0.2, 0.25) is 5.69 Å². The maximum absolute atomic E-state index is 12.6. The minimum Gasteiger partial charge on any atom is -0.382 e. The molecule has 3 heterocycles. The maximum Gasteiger partial charge on any atom is 0.333 e. The van der Waals surface area contributed by atoms with Gasteiger partial charge in [0.1, 0.15) is 6.54 Å². The number of benzene rings is 2. The van der Waals surface area contributed by atoms with Crippen molar-refractivity contribution in [1.82, 2.24) is 5.06 Å². The monoisotopic (exact) mass is 1070 g/mol. The van der Waals surface area contributed by atoms with Gasteiger partial charge in [0.25, 0.3) is 42.2 Å². The second kappa shape index (κ2) is 25.7. The Morgan fingerprint density at radius 3 is 1.83 bits per heavy atom. The SMILES string of the molecule is CCN1/C(=C/C(C)=C/C2=[N+](CCCCCC(=O)ON3C(=O)CCC3=O)c3ccc(S(=O)(=O)O)cc3C2(C)CCOCCOCCOCCOCCOC)C(C)(CCCS(=O)(=O)O)c2cc(S(=O)(=O)O)ccc21. The number of carbonyl (C=O) groups is 3. The number of hydroxylamine groups is 2. The van der Waals surface area contributed by atoms with Crippen LogP contribution in [0.3, 0.4) is 0 Å². The summed E-state index contributed by atoms with van der Waals surface area (Å²) >= 11 is 0. The molecule has 2 amide bonds. The molecule has 5 rings (SSSR count). The lowest BCUT2D eigenvalue weighted by molar-refractivity contribution is -0.438. The first-order chi connectivity index (χ1) is 33.9. The summed E-state index contributed by atoms with van der Waals surface area (Å²) < 4.78 is 133. The van der Waals surface area contributed by atoms with E-state index in [1.54, 1.807) is 19.2 Å². The van der Waals surface area contributed by atoms with Gasteiger partial charge in [-0.1, -0.05) is 0 Å². The van der Waals surface area contributed by atoms with Crippen LogP contribution in [0, 0.1) is 0 Å². The van der Waals surface area contributed by atoms with E-state index in [1.807, 2.05) is 49.3 Å². The Balaban J connectivity index is 1.48. The van der Waals surface area contributed by atoms with Crippen molar-refractivity contribution in [2.75, 3.05) is 90.3 Å². The van der Waals surface area contributed by atoms with Gasteiger partial charge in [0, 0.05) is 80.4 Å². The molecule has 1 saturated heterocycles. The average molecular weight is 1070 g/mol. The smallest absolute Gasteiger partial charge is 0.333 e. The fraction of sp³-hybridized carbons (Fsp3) is 0.583. The quantitative estimate of drug-likeness (QED) is 0.0383. The number of nitrogens with zero attached hydrogens (tertiary/aromatic N) is 3. The molecular formula is C48H68N3O18S3+. The molecule has 0 aliphatic carbocycles. The van der Waals surface area contributed by atoms with E-state index in [2.05, 4.69) is 0 Å². The summed E-state index contributed by atoms with van der Waals surface area (Å²) in [5.41, 5.74) is 2.53. The zero-order valence-corrected chi connectivity index (χ0v) is 43.9. The van der Waals surface area contributed by atoms with Gasteiger partial charge >= 0.3 is 5.97 Å². The fourth-order valence-electron chi connectivity index (χ4n) is 9.20. The van der Waals surface area contributed by atoms with Crippen LogP contribution in [-0.4, -0.2) is 157 Å². The Kier molecular flexibility index (Phi) is 20.8. The Morgan fingerprint density at radius 1 is 0.722 bits per heavy atom. The number of ether oxygens (including phenoxy) is 5. The summed E-state index contributed by atoms with van der Waals surface area (Å²) in [5.74, 6) is -2.42. The minimum atomic E-state index is -4.65. The van der Waals surface area contributed by atoms with Gasteiger partial charge in [-0.15, -0.1) is 5.06 Å². The summed E-state index contributed by atoms with van der Waals surface area (Å²) in [5, 5.41) is 0.510. The highest BCUT2D eigenvalue weighted by Gasteiger charge is 2.49. The topological polar surface area (TPSA) is 279 Å². The van der Waals surface area contributed by atoms with Gasteiger partial charge < -0.3 is 33.4 Å². The molecule has 400 valence electrons. The molecule has 21 nitrogen and oxygen atoms in total. The normalized spacial score (nSPS) is 20.1. The van der Waals surface area contributed by atoms with Crippen molar-refractivity contribution in [1.29, 1.82) is 0 Å². The number of hydrogen-bond donors (Lipinski definition) is 3. The van der Waals surface area contributed by atoms with Crippen LogP contribution in [0.2, 0.25) is 0 Å². The molecule has 0 aromatic heterocycles. The molecule has 2 aromatic carbocycles. The van der Waals surface area contributed by atoms with E-state index in [0.717, 1.165) is 5.71 Å². The molecule has 3 aliphatic rings. The Labute approximate surface area is 422 Å². The number of likely N-dealkylation sites (N-methyl/N-ethyl adjacent to an activating group) is 1. The number of unbranched alkanes of at least 4 members (excludes halogenated alkanes) is 2. The second-order valence-electron chi connectivity index (χ2n) is 18.1. The van der Waals surface area contributed by atoms with E-state index in [-0.39, 0.29) is 61.7 Å². The highest BCUT2D eigenvalue weighted by Crippen LogP contribution is 2.52. The zero-order chi connectivity index (χ0) is 52.9. The zero-order valence-electron chi connectivity index (χ0n) is 41.5. The molecule has 2 unspecified atom stereocenters. The van der Waals surface area contributed by atoms with Gasteiger partial charge in [0.15, 0.2) is 5.71 Å². The molecule has 0 radical (unpaired) electrons. The number of carbonyl (C=O) groups excluding carboxylic acids is 3. The van der Waals surface area contributed by atoms with Gasteiger partial charge in [-0.3, -0.25) is 23.2 Å². The first kappa shape index (κ1) is 58.4. The average Bonchev–Trinajstić information content (AvgIpc) is 3.83. The molecule has 3 N–H and O–H groups in total. The Bertz CT molecular complexity index is 2710. The lowest BCUT2D eigenvalue weighted by atomic mass is 9.75. The fourth-order valence-corrected chi connectivity index (χ4v) is 10.7. The Morgan fingerprint density at radius 2 is 1.28 bits per heavy atom. The van der Waals surface area contributed by atoms with Gasteiger partial charge in [-0.2, -0.15) is 29.8 Å². The van der Waals surface area contributed by atoms with Crippen LogP contribution < -0.4 is 4.90 Å². The van der Waals surface area contributed by atoms with Crippen LogP contribution in [-0.2, 0) is 84.1 Å². The molecule has 2 atom stereocenters. The maximum atomic E-state index is 12.6. The van der Waals surface area contributed by atoms with Crippen LogP contribution in [0.15, 0.2) is 69.6 Å². The molecule has 0 saturated carbocycles. The number of allylic oxidation sites excluding steroid dienone is 4. The van der Waals surface area contributed by atoms with Crippen molar-refractivity contribution in [3.63, 3.8) is 0 Å². The second-order valence-corrected chi connectivity index (χ2v) is 22.5. The standard InChI is InChI=1S/C48H67N3O18S3/c1-6-49-40-14-12-36(71(58,59)60)33-38(40)47(3,18-10-30-70(55,56)57)42(49)31-35(2)32-43-48(4,19-21-65-24-25-67-28-29-68-27-26-66-23-22-64-5)39-34-37(72(61,62)63)13-15-41(39)50(43)20-9-7-8-11-46(54)69-51-44(52)16-17-45(51)53/h12-15,31-34H,6-11,16-30H2,1-5H3,(H2-,55,56,57,58,59,60,61,62,63)/p+1. The molecule has 2 aromatic rings. The van der Waals surface area contributed by atoms with Crippen LogP contribution in [0.5, 0.6) is 0 Å². The van der Waals surface area contributed by atoms with Crippen LogP contribution in [0.25, 0.3) is 0 Å². The molecule has 1 fully saturated rings. The van der Waals surface area contributed by atoms with Crippen LogP contribution in [0.1, 0.15) is 96.6 Å². The van der Waals surface area contributed by atoms with E-state index < -0.39 is 64.7 Å². The van der Waals surface area contributed by atoms with Crippen molar-refractivity contribution in [3.05, 3.63) is 70.9 Å². The summed E-state index contributed by atoms with van der Waals surface area (Å²) in [6, 6.07) is 8.65. The highest BCUT2D eigenvalue weighted by molar-refractivity contribution is 7.86. The number of rotatable bonds is 31. The lowest BCUT2D eigenvalue weighted by Crippen LogP contribution is -2.33. The first-order valence-electron chi connectivity index (χ1n) is 23.8. The van der Waals surface area contributed by atoms with Crippen molar-refractivity contribution >= 4 is 65.2 Å². The molecular weight excluding hydrogens is 1000 g/mol. The van der Waals surface area contributed by atoms with Gasteiger partial charge in [-0.25, -0.2) is 4.79 Å². The molecule has 0 spiro atoms. The number of hydrogen-bond acceptors (Lipinski definition) is 16. The lowest BCUT2D eigenvalue weighted by Gasteiger charge is -2.30. The minimum absolute atomic E-state index is 0.00727. The van der Waals surface area contributed by atoms with E-state index >= 15 is 0 Å². The number of anilines is 1. The summed E-state index contributed by atoms with van der Waals surface area (Å²) in [6.45, 7) is 11.5. The van der Waals surface area contributed by atoms with Gasteiger partial charge in [0.05, 0.1) is 73.8 Å². The third-order valence-electron chi connectivity index (χ3n) is 12.9. The van der Waals surface area contributed by atoms with E-state index in [1.165, 1.54) is 24.3 Å². The predicted molar refractivity (Wildman–Crippen MR) is 263 cm³/mol. The van der Waals surface area contributed by atoms with E-state index in [0.29, 0.717) is 117 Å². The highest BCUT2D eigenvalue weighted by atomic mass is 32.2. The van der Waals surface area contributed by atoms with Gasteiger partial charge in [-0.05, 0) is 107 Å². The number of fused-ring (bicyclic) bond motifs is 2. The van der Waals surface area contributed by atoms with Crippen molar-refractivity contribution in [3.8, 4) is 0 Å². The largest absolute Gasteiger partial charge is 0.382 e. The predicted octanol–water partition coefficient (Wildman–Crippen LogP) is 5.10. The third kappa shape index (κ3) is 15.3. The molecule has 24 heteroatoms. The molecule has 3 aliphatic heterocycles. The van der Waals surface area contributed by atoms with Crippen molar-refractivity contribution in [2.45, 2.75) is 106 Å².